The van der Waals surface area contributed by atoms with Gasteiger partial charge in [0.25, 0.3) is 0 Å². The molecule has 1 heterocycles. The minimum atomic E-state index is -4.46. The number of hydrogen-bond acceptors (Lipinski definition) is 3. The minimum Gasteiger partial charge on any atom is -0.483 e. The molecule has 0 fully saturated rings. The lowest BCUT2D eigenvalue weighted by Gasteiger charge is -2.13. The summed E-state index contributed by atoms with van der Waals surface area (Å²) in [6.07, 6.45) is -4.46. The molecule has 0 bridgehead atoms. The van der Waals surface area contributed by atoms with Crippen molar-refractivity contribution in [2.45, 2.75) is 6.18 Å². The summed E-state index contributed by atoms with van der Waals surface area (Å²) in [5.41, 5.74) is 1.12. The molecule has 3 rings (SSSR count). The molecule has 0 radical (unpaired) electrons. The van der Waals surface area contributed by atoms with Crippen LogP contribution in [0.5, 0.6) is 5.75 Å². The van der Waals surface area contributed by atoms with E-state index in [4.69, 9.17) is 14.3 Å². The van der Waals surface area contributed by atoms with Crippen molar-refractivity contribution in [1.82, 2.24) is 0 Å². The predicted molar refractivity (Wildman–Crippen MR) is 80.2 cm³/mol. The summed E-state index contributed by atoms with van der Waals surface area (Å²) < 4.78 is 47.4. The molecule has 1 N–H and O–H groups in total. The van der Waals surface area contributed by atoms with E-state index in [1.165, 1.54) is 12.1 Å². The van der Waals surface area contributed by atoms with Gasteiger partial charge in [0.05, 0.1) is 0 Å². The number of benzene rings is 2. The quantitative estimate of drug-likeness (QED) is 0.748. The molecule has 0 saturated carbocycles. The number of furan rings is 1. The van der Waals surface area contributed by atoms with Crippen molar-refractivity contribution in [2.24, 2.45) is 0 Å². The molecule has 7 heteroatoms. The number of alkyl halides is 3. The lowest BCUT2D eigenvalue weighted by Crippen LogP contribution is -2.19. The van der Waals surface area contributed by atoms with Crippen molar-refractivity contribution in [3.8, 4) is 16.9 Å². The molecule has 0 aliphatic heterocycles. The Balaban J connectivity index is 2.09. The van der Waals surface area contributed by atoms with Crippen LogP contribution in [-0.4, -0.2) is 23.9 Å². The highest BCUT2D eigenvalue weighted by molar-refractivity contribution is 5.98. The Morgan fingerprint density at radius 1 is 1.08 bits per heavy atom. The molecule has 0 spiro atoms. The third-order valence-electron chi connectivity index (χ3n) is 3.32. The Bertz CT molecular complexity index is 896. The number of carboxylic acid groups (broad SMARTS) is 1. The fourth-order valence-corrected chi connectivity index (χ4v) is 2.36. The van der Waals surface area contributed by atoms with Crippen LogP contribution in [-0.2, 0) is 0 Å². The maximum absolute atomic E-state index is 12.4. The molecule has 124 valence electrons. The van der Waals surface area contributed by atoms with E-state index in [2.05, 4.69) is 0 Å². The number of carbonyl (C=O) groups is 1. The van der Waals surface area contributed by atoms with Crippen molar-refractivity contribution in [2.75, 3.05) is 6.61 Å². The van der Waals surface area contributed by atoms with Crippen LogP contribution in [0.1, 0.15) is 10.6 Å². The van der Waals surface area contributed by atoms with E-state index in [1.54, 1.807) is 36.4 Å². The molecular weight excluding hydrogens is 325 g/mol. The molecule has 0 aliphatic carbocycles. The number of para-hydroxylation sites is 2. The summed E-state index contributed by atoms with van der Waals surface area (Å²) in [7, 11) is 0. The zero-order chi connectivity index (χ0) is 17.3. The first kappa shape index (κ1) is 15.9. The number of ether oxygens (including phenoxy) is 1. The zero-order valence-corrected chi connectivity index (χ0v) is 12.1. The zero-order valence-electron chi connectivity index (χ0n) is 12.1. The van der Waals surface area contributed by atoms with Crippen molar-refractivity contribution in [3.05, 3.63) is 54.3 Å². The third-order valence-corrected chi connectivity index (χ3v) is 3.32. The van der Waals surface area contributed by atoms with Crippen LogP contribution < -0.4 is 4.74 Å². The minimum absolute atomic E-state index is 0.0376. The second-order valence-electron chi connectivity index (χ2n) is 5.04. The fraction of sp³-hybridized carbons (Fsp3) is 0.118. The van der Waals surface area contributed by atoms with Gasteiger partial charge in [0, 0.05) is 16.5 Å². The average molecular weight is 336 g/mol. The molecule has 0 aliphatic rings. The Morgan fingerprint density at radius 2 is 1.79 bits per heavy atom. The van der Waals surface area contributed by atoms with E-state index in [1.807, 2.05) is 0 Å². The van der Waals surface area contributed by atoms with Crippen molar-refractivity contribution >= 4 is 16.9 Å². The van der Waals surface area contributed by atoms with E-state index in [9.17, 15) is 18.0 Å². The fourth-order valence-electron chi connectivity index (χ4n) is 2.36. The maximum Gasteiger partial charge on any atom is 0.422 e. The summed E-state index contributed by atoms with van der Waals surface area (Å²) in [4.78, 5) is 11.1. The first-order chi connectivity index (χ1) is 11.3. The van der Waals surface area contributed by atoms with Crippen LogP contribution in [0.4, 0.5) is 13.2 Å². The topological polar surface area (TPSA) is 59.7 Å². The van der Waals surface area contributed by atoms with Crippen molar-refractivity contribution in [1.29, 1.82) is 0 Å². The number of rotatable bonds is 4. The lowest BCUT2D eigenvalue weighted by atomic mass is 10.0. The smallest absolute Gasteiger partial charge is 0.422 e. The second-order valence-corrected chi connectivity index (χ2v) is 5.04. The monoisotopic (exact) mass is 336 g/mol. The summed E-state index contributed by atoms with van der Waals surface area (Å²) in [5.74, 6) is -1.43. The number of fused-ring (bicyclic) bond motifs is 1. The van der Waals surface area contributed by atoms with Gasteiger partial charge in [0.2, 0.25) is 5.76 Å². The van der Waals surface area contributed by atoms with Crippen molar-refractivity contribution in [3.63, 3.8) is 0 Å². The highest BCUT2D eigenvalue weighted by Gasteiger charge is 2.29. The molecule has 1 aromatic heterocycles. The Hall–Kier alpha value is -2.96. The van der Waals surface area contributed by atoms with Gasteiger partial charge < -0.3 is 14.3 Å². The Kier molecular flexibility index (Phi) is 3.92. The first-order valence-corrected chi connectivity index (χ1v) is 6.90. The molecular formula is C17H11F3O4. The van der Waals surface area contributed by atoms with E-state index in [0.29, 0.717) is 16.5 Å². The highest BCUT2D eigenvalue weighted by Crippen LogP contribution is 2.36. The number of aromatic carboxylic acids is 1. The highest BCUT2D eigenvalue weighted by atomic mass is 19.4. The molecule has 4 nitrogen and oxygen atoms in total. The molecule has 24 heavy (non-hydrogen) atoms. The standard InChI is InChI=1S/C17H11F3O4/c18-17(19,20)9-23-13-7-2-1-5-11(13)12-6-3-4-10-8-14(16(21)22)24-15(10)12/h1-8H,9H2,(H,21,22). The third kappa shape index (κ3) is 3.19. The molecule has 2 aromatic carbocycles. The van der Waals surface area contributed by atoms with E-state index in [0.717, 1.165) is 0 Å². The molecule has 0 amide bonds. The van der Waals surface area contributed by atoms with Crippen LogP contribution >= 0.6 is 0 Å². The summed E-state index contributed by atoms with van der Waals surface area (Å²) >= 11 is 0. The summed E-state index contributed by atoms with van der Waals surface area (Å²) in [6.45, 7) is -1.42. The van der Waals surface area contributed by atoms with Crippen LogP contribution in [0.25, 0.3) is 22.1 Å². The van der Waals surface area contributed by atoms with Crippen LogP contribution in [0, 0.1) is 0 Å². The van der Waals surface area contributed by atoms with E-state index < -0.39 is 18.8 Å². The van der Waals surface area contributed by atoms with E-state index >= 15 is 0 Å². The number of hydrogen-bond donors (Lipinski definition) is 1. The lowest BCUT2D eigenvalue weighted by molar-refractivity contribution is -0.153. The molecule has 0 saturated heterocycles. The average Bonchev–Trinajstić information content (AvgIpc) is 2.97. The van der Waals surface area contributed by atoms with Gasteiger partial charge in [0.15, 0.2) is 6.61 Å². The van der Waals surface area contributed by atoms with Gasteiger partial charge in [-0.15, -0.1) is 0 Å². The van der Waals surface area contributed by atoms with Gasteiger partial charge in [-0.25, -0.2) is 4.79 Å². The van der Waals surface area contributed by atoms with Gasteiger partial charge in [0.1, 0.15) is 11.3 Å². The summed E-state index contributed by atoms with van der Waals surface area (Å²) in [6, 6.07) is 12.5. The van der Waals surface area contributed by atoms with Gasteiger partial charge >= 0.3 is 12.1 Å². The predicted octanol–water partition coefficient (Wildman–Crippen LogP) is 4.74. The molecule has 0 unspecified atom stereocenters. The summed E-state index contributed by atoms with van der Waals surface area (Å²) in [5, 5.41) is 9.57. The van der Waals surface area contributed by atoms with Crippen LogP contribution in [0.2, 0.25) is 0 Å². The normalized spacial score (nSPS) is 11.6. The Labute approximate surface area is 134 Å². The van der Waals surface area contributed by atoms with Crippen LogP contribution in [0.3, 0.4) is 0 Å². The first-order valence-electron chi connectivity index (χ1n) is 6.90. The SMILES string of the molecule is O=C(O)c1cc2cccc(-c3ccccc3OCC(F)(F)F)c2o1. The number of halogens is 3. The van der Waals surface area contributed by atoms with Gasteiger partial charge in [-0.1, -0.05) is 36.4 Å². The van der Waals surface area contributed by atoms with Gasteiger partial charge in [-0.3, -0.25) is 0 Å². The largest absolute Gasteiger partial charge is 0.483 e. The van der Waals surface area contributed by atoms with Gasteiger partial charge in [-0.05, 0) is 12.1 Å². The van der Waals surface area contributed by atoms with Gasteiger partial charge in [-0.2, -0.15) is 13.2 Å². The molecule has 3 aromatic rings. The second kappa shape index (κ2) is 5.92. The van der Waals surface area contributed by atoms with Crippen LogP contribution in [0.15, 0.2) is 52.9 Å². The Morgan fingerprint density at radius 3 is 2.50 bits per heavy atom. The van der Waals surface area contributed by atoms with Crippen molar-refractivity contribution < 1.29 is 32.2 Å². The number of carboxylic acids is 1. The maximum atomic E-state index is 12.4. The molecule has 0 atom stereocenters. The van der Waals surface area contributed by atoms with E-state index in [-0.39, 0.29) is 17.1 Å².